The SMILES string of the molecule is CC[C@@H]1SC2=C(SC(=C3SC4=C(SC(=C5SC6=C(SCCS6)S5)S4)S3)S2)S[C@H]1CC. The van der Waals surface area contributed by atoms with Gasteiger partial charge in [-0.25, -0.2) is 0 Å². The Morgan fingerprint density at radius 1 is 0.467 bits per heavy atom. The van der Waals surface area contributed by atoms with Crippen molar-refractivity contribution in [2.45, 2.75) is 37.2 Å². The molecule has 6 heterocycles. The molecule has 6 aliphatic rings. The van der Waals surface area contributed by atoms with Gasteiger partial charge < -0.3 is 0 Å². The molecule has 30 heavy (non-hydrogen) atoms. The number of hydrogen-bond acceptors (Lipinski definition) is 12. The van der Waals surface area contributed by atoms with Crippen molar-refractivity contribution in [2.75, 3.05) is 11.5 Å². The molecule has 0 nitrogen and oxygen atoms in total. The summed E-state index contributed by atoms with van der Waals surface area (Å²) in [5, 5.41) is 1.56. The predicted octanol–water partition coefficient (Wildman–Crippen LogP) is 11.1. The molecule has 0 spiro atoms. The zero-order valence-electron chi connectivity index (χ0n) is 15.9. The van der Waals surface area contributed by atoms with Gasteiger partial charge in [-0.15, -0.1) is 47.0 Å². The van der Waals surface area contributed by atoms with Crippen LogP contribution in [0.1, 0.15) is 26.7 Å². The van der Waals surface area contributed by atoms with Crippen molar-refractivity contribution in [2.24, 2.45) is 0 Å². The Hall–Kier alpha value is 2.90. The zero-order valence-corrected chi connectivity index (χ0v) is 25.7. The molecule has 0 aliphatic carbocycles. The van der Waals surface area contributed by atoms with Gasteiger partial charge in [0.2, 0.25) is 0 Å². The van der Waals surface area contributed by atoms with Crippen LogP contribution in [0.3, 0.4) is 0 Å². The van der Waals surface area contributed by atoms with Gasteiger partial charge in [0.1, 0.15) is 0 Å². The van der Waals surface area contributed by atoms with Crippen molar-refractivity contribution in [3.8, 4) is 0 Å². The minimum Gasteiger partial charge on any atom is -0.116 e. The quantitative estimate of drug-likeness (QED) is 0.290. The molecule has 160 valence electrons. The van der Waals surface area contributed by atoms with Crippen molar-refractivity contribution in [3.63, 3.8) is 0 Å². The van der Waals surface area contributed by atoms with Crippen LogP contribution < -0.4 is 0 Å². The van der Waals surface area contributed by atoms with Gasteiger partial charge in [-0.1, -0.05) is 108 Å². The lowest BCUT2D eigenvalue weighted by molar-refractivity contribution is 0.739. The number of thioether (sulfide) groups is 12. The summed E-state index contributed by atoms with van der Waals surface area (Å²) < 4.78 is 15.4. The summed E-state index contributed by atoms with van der Waals surface area (Å²) in [7, 11) is 0. The molecule has 2 atom stereocenters. The maximum absolute atomic E-state index is 2.35. The first kappa shape index (κ1) is 23.3. The second-order valence-corrected chi connectivity index (χ2v) is 22.0. The minimum atomic E-state index is 0.778. The third-order valence-corrected chi connectivity index (χ3v) is 23.6. The molecular weight excluding hydrogens is 601 g/mol. The maximum Gasteiger partial charge on any atom is 0.0718 e. The summed E-state index contributed by atoms with van der Waals surface area (Å²) >= 11 is 24.6. The van der Waals surface area contributed by atoms with Crippen LogP contribution in [0.2, 0.25) is 0 Å². The topological polar surface area (TPSA) is 0 Å². The molecule has 0 radical (unpaired) electrons. The van der Waals surface area contributed by atoms with Crippen LogP contribution in [0.25, 0.3) is 0 Å². The zero-order chi connectivity index (χ0) is 20.2. The summed E-state index contributed by atoms with van der Waals surface area (Å²) in [6, 6.07) is 0. The van der Waals surface area contributed by atoms with Gasteiger partial charge in [0.15, 0.2) is 0 Å². The standard InChI is InChI=1S/C18H16S12/c1-3-7-8(4-2)22-12-11(21-7)25-15(26-12)16-29-17-18(30-16)28-14(27-17)13-23-9-10(24-13)20-6-5-19-9/h7-8H,3-6H2,1-2H3/t7-,8-/m0/s1. The largest absolute Gasteiger partial charge is 0.116 e. The van der Waals surface area contributed by atoms with E-state index in [-0.39, 0.29) is 0 Å². The van der Waals surface area contributed by atoms with E-state index in [1.807, 2.05) is 94.1 Å². The van der Waals surface area contributed by atoms with E-state index in [1.165, 1.54) is 49.8 Å². The smallest absolute Gasteiger partial charge is 0.0718 e. The molecule has 0 unspecified atom stereocenters. The highest BCUT2D eigenvalue weighted by molar-refractivity contribution is 8.51. The van der Waals surface area contributed by atoms with E-state index >= 15 is 0 Å². The molecule has 0 aromatic carbocycles. The van der Waals surface area contributed by atoms with E-state index in [0.717, 1.165) is 10.5 Å². The summed E-state index contributed by atoms with van der Waals surface area (Å²) in [5.41, 5.74) is 0. The molecule has 0 fully saturated rings. The Labute approximate surface area is 229 Å². The molecule has 0 bridgehead atoms. The van der Waals surface area contributed by atoms with E-state index in [9.17, 15) is 0 Å². The van der Waals surface area contributed by atoms with E-state index in [1.54, 1.807) is 16.9 Å². The van der Waals surface area contributed by atoms with Crippen molar-refractivity contribution in [1.29, 1.82) is 0 Å². The Kier molecular flexibility index (Phi) is 7.85. The summed E-state index contributed by atoms with van der Waals surface area (Å²) in [5.74, 6) is 2.53. The Morgan fingerprint density at radius 3 is 1.10 bits per heavy atom. The second kappa shape index (κ2) is 10.1. The predicted molar refractivity (Wildman–Crippen MR) is 164 cm³/mol. The van der Waals surface area contributed by atoms with Crippen LogP contribution in [0.15, 0.2) is 42.4 Å². The highest BCUT2D eigenvalue weighted by Gasteiger charge is 2.40. The summed E-state index contributed by atoms with van der Waals surface area (Å²) in [6.07, 6.45) is 2.55. The van der Waals surface area contributed by atoms with E-state index < -0.39 is 0 Å². The van der Waals surface area contributed by atoms with Crippen molar-refractivity contribution in [3.05, 3.63) is 42.4 Å². The van der Waals surface area contributed by atoms with Crippen molar-refractivity contribution in [1.82, 2.24) is 0 Å². The van der Waals surface area contributed by atoms with Gasteiger partial charge in [0.05, 0.1) is 42.4 Å². The fourth-order valence-corrected chi connectivity index (χ4v) is 22.9. The molecule has 6 aliphatic heterocycles. The molecule has 0 aromatic heterocycles. The molecule has 0 aromatic rings. The highest BCUT2D eigenvalue weighted by atomic mass is 32.3. The average molecular weight is 617 g/mol. The summed E-state index contributed by atoms with van der Waals surface area (Å²) in [4.78, 5) is 0. The first-order valence-corrected chi connectivity index (χ1v) is 19.7. The Bertz CT molecular complexity index is 886. The van der Waals surface area contributed by atoms with Crippen LogP contribution in [0, 0.1) is 0 Å². The monoisotopic (exact) mass is 616 g/mol. The number of hydrogen-bond donors (Lipinski definition) is 0. The van der Waals surface area contributed by atoms with Gasteiger partial charge >= 0.3 is 0 Å². The Balaban J connectivity index is 1.12. The van der Waals surface area contributed by atoms with Crippen molar-refractivity contribution < 1.29 is 0 Å². The van der Waals surface area contributed by atoms with Gasteiger partial charge in [-0.2, -0.15) is 0 Å². The second-order valence-electron chi connectivity index (χ2n) is 6.52. The lowest BCUT2D eigenvalue weighted by Crippen LogP contribution is -2.20. The van der Waals surface area contributed by atoms with E-state index in [2.05, 4.69) is 60.9 Å². The molecule has 0 N–H and O–H groups in total. The number of rotatable bonds is 2. The van der Waals surface area contributed by atoms with Gasteiger partial charge in [0.25, 0.3) is 0 Å². The molecular formula is C18H16S12. The Morgan fingerprint density at radius 2 is 0.767 bits per heavy atom. The molecule has 12 heteroatoms. The highest BCUT2D eigenvalue weighted by Crippen LogP contribution is 2.74. The first-order chi connectivity index (χ1) is 14.7. The third kappa shape index (κ3) is 4.55. The summed E-state index contributed by atoms with van der Waals surface area (Å²) in [6.45, 7) is 4.70. The van der Waals surface area contributed by atoms with Crippen molar-refractivity contribution >= 4 is 141 Å². The molecule has 0 saturated heterocycles. The van der Waals surface area contributed by atoms with Crippen LogP contribution in [-0.4, -0.2) is 22.0 Å². The average Bonchev–Trinajstić information content (AvgIpc) is 3.52. The van der Waals surface area contributed by atoms with Crippen LogP contribution in [0.5, 0.6) is 0 Å². The third-order valence-electron chi connectivity index (χ3n) is 4.60. The van der Waals surface area contributed by atoms with Gasteiger partial charge in [-0.3, -0.25) is 0 Å². The lowest BCUT2D eigenvalue weighted by atomic mass is 10.2. The van der Waals surface area contributed by atoms with Crippen LogP contribution in [-0.2, 0) is 0 Å². The maximum atomic E-state index is 2.35. The van der Waals surface area contributed by atoms with Gasteiger partial charge in [-0.05, 0) is 12.8 Å². The lowest BCUT2D eigenvalue weighted by Gasteiger charge is -2.28. The van der Waals surface area contributed by atoms with E-state index in [4.69, 9.17) is 0 Å². The fraction of sp³-hybridized carbons (Fsp3) is 0.444. The van der Waals surface area contributed by atoms with Crippen LogP contribution in [0.4, 0.5) is 0 Å². The molecule has 0 amide bonds. The van der Waals surface area contributed by atoms with E-state index in [0.29, 0.717) is 0 Å². The minimum absolute atomic E-state index is 0.778. The normalized spacial score (nSPS) is 31.4. The molecule has 0 saturated carbocycles. The van der Waals surface area contributed by atoms with Gasteiger partial charge in [0, 0.05) is 22.0 Å². The fourth-order valence-electron chi connectivity index (χ4n) is 3.17. The first-order valence-electron chi connectivity index (χ1n) is 9.45. The van der Waals surface area contributed by atoms with Crippen LogP contribution >= 0.6 is 141 Å². The molecule has 6 rings (SSSR count).